The Balaban J connectivity index is 0.00000264. The second-order valence-electron chi connectivity index (χ2n) is 6.41. The molecule has 1 aromatic heterocycles. The van der Waals surface area contributed by atoms with E-state index in [1.54, 1.807) is 0 Å². The van der Waals surface area contributed by atoms with Gasteiger partial charge in [-0.25, -0.2) is 0 Å². The van der Waals surface area contributed by atoms with Gasteiger partial charge in [0.15, 0.2) is 5.96 Å². The van der Waals surface area contributed by atoms with Gasteiger partial charge in [-0.1, -0.05) is 19.8 Å². The molecule has 2 N–H and O–H groups in total. The lowest BCUT2D eigenvalue weighted by Crippen LogP contribution is -2.38. The van der Waals surface area contributed by atoms with Crippen LogP contribution in [0.3, 0.4) is 0 Å². The monoisotopic (exact) mass is 433 g/mol. The van der Waals surface area contributed by atoms with Gasteiger partial charge in [0.25, 0.3) is 0 Å². The zero-order chi connectivity index (χ0) is 15.6. The molecule has 23 heavy (non-hydrogen) atoms. The predicted octanol–water partition coefficient (Wildman–Crippen LogP) is 3.27. The second-order valence-corrected chi connectivity index (χ2v) is 6.41. The van der Waals surface area contributed by atoms with Crippen LogP contribution in [0.5, 0.6) is 0 Å². The molecule has 0 saturated heterocycles. The van der Waals surface area contributed by atoms with E-state index in [4.69, 9.17) is 4.99 Å². The van der Waals surface area contributed by atoms with E-state index in [1.807, 2.05) is 23.1 Å². The predicted molar refractivity (Wildman–Crippen MR) is 107 cm³/mol. The number of halogens is 1. The summed E-state index contributed by atoms with van der Waals surface area (Å²) in [5.41, 5.74) is 0. The summed E-state index contributed by atoms with van der Waals surface area (Å²) in [6.07, 6.45) is 10.3. The summed E-state index contributed by atoms with van der Waals surface area (Å²) in [5.74, 6) is 2.60. The fraction of sp³-hybridized carbons (Fsp3) is 0.765. The minimum absolute atomic E-state index is 0. The first-order valence-electron chi connectivity index (χ1n) is 8.77. The Morgan fingerprint density at radius 2 is 2.22 bits per heavy atom. The van der Waals surface area contributed by atoms with Gasteiger partial charge in [-0.2, -0.15) is 5.10 Å². The molecule has 1 saturated carbocycles. The van der Waals surface area contributed by atoms with Crippen LogP contribution in [0.15, 0.2) is 23.5 Å². The molecule has 1 aromatic rings. The van der Waals surface area contributed by atoms with E-state index in [9.17, 15) is 0 Å². The molecule has 5 nitrogen and oxygen atoms in total. The average molecular weight is 433 g/mol. The minimum atomic E-state index is 0. The van der Waals surface area contributed by atoms with Crippen molar-refractivity contribution in [3.05, 3.63) is 18.5 Å². The molecule has 0 aromatic carbocycles. The molecule has 1 aliphatic rings. The van der Waals surface area contributed by atoms with Crippen LogP contribution in [-0.2, 0) is 6.54 Å². The molecule has 2 rings (SSSR count). The van der Waals surface area contributed by atoms with Crippen LogP contribution in [0.25, 0.3) is 0 Å². The van der Waals surface area contributed by atoms with Gasteiger partial charge in [-0.15, -0.1) is 24.0 Å². The first kappa shape index (κ1) is 20.3. The van der Waals surface area contributed by atoms with E-state index in [-0.39, 0.29) is 24.0 Å². The number of nitrogens with one attached hydrogen (secondary N) is 2. The fourth-order valence-electron chi connectivity index (χ4n) is 3.17. The van der Waals surface area contributed by atoms with Gasteiger partial charge in [0, 0.05) is 38.6 Å². The molecule has 1 heterocycles. The van der Waals surface area contributed by atoms with E-state index < -0.39 is 0 Å². The summed E-state index contributed by atoms with van der Waals surface area (Å²) in [6, 6.07) is 1.96. The maximum atomic E-state index is 4.78. The van der Waals surface area contributed by atoms with Crippen LogP contribution >= 0.6 is 24.0 Å². The maximum absolute atomic E-state index is 4.78. The summed E-state index contributed by atoms with van der Waals surface area (Å²) in [5, 5.41) is 11.0. The number of rotatable bonds is 7. The van der Waals surface area contributed by atoms with Crippen LogP contribution in [0, 0.1) is 11.8 Å². The Labute approximate surface area is 157 Å². The summed E-state index contributed by atoms with van der Waals surface area (Å²) >= 11 is 0. The Kier molecular flexibility index (Phi) is 10.3. The van der Waals surface area contributed by atoms with E-state index in [0.717, 1.165) is 50.4 Å². The molecule has 0 aliphatic heterocycles. The molecule has 1 aliphatic carbocycles. The van der Waals surface area contributed by atoms with Crippen LogP contribution in [-0.4, -0.2) is 35.4 Å². The molecule has 2 atom stereocenters. The van der Waals surface area contributed by atoms with Gasteiger partial charge in [0.2, 0.25) is 0 Å². The van der Waals surface area contributed by atoms with Crippen molar-refractivity contribution in [2.24, 2.45) is 16.8 Å². The third kappa shape index (κ3) is 8.04. The molecule has 0 radical (unpaired) electrons. The summed E-state index contributed by atoms with van der Waals surface area (Å²) in [6.45, 7) is 8.22. The van der Waals surface area contributed by atoms with E-state index >= 15 is 0 Å². The lowest BCUT2D eigenvalue weighted by Gasteiger charge is -2.25. The first-order chi connectivity index (χ1) is 10.8. The average Bonchev–Trinajstić information content (AvgIpc) is 3.02. The number of hydrogen-bond donors (Lipinski definition) is 2. The van der Waals surface area contributed by atoms with E-state index in [1.165, 1.54) is 25.7 Å². The van der Waals surface area contributed by atoms with Crippen LogP contribution in [0.4, 0.5) is 0 Å². The second kappa shape index (κ2) is 11.7. The Morgan fingerprint density at radius 1 is 1.35 bits per heavy atom. The highest BCUT2D eigenvalue weighted by molar-refractivity contribution is 14.0. The Hall–Kier alpha value is -0.790. The van der Waals surface area contributed by atoms with Gasteiger partial charge in [-0.05, 0) is 44.1 Å². The fourth-order valence-corrected chi connectivity index (χ4v) is 3.17. The van der Waals surface area contributed by atoms with Gasteiger partial charge < -0.3 is 10.6 Å². The zero-order valence-corrected chi connectivity index (χ0v) is 16.8. The van der Waals surface area contributed by atoms with Gasteiger partial charge in [0.05, 0.1) is 0 Å². The van der Waals surface area contributed by atoms with Crippen LogP contribution in [0.2, 0.25) is 0 Å². The molecule has 1 fully saturated rings. The topological polar surface area (TPSA) is 54.2 Å². The summed E-state index contributed by atoms with van der Waals surface area (Å²) in [4.78, 5) is 4.78. The Morgan fingerprint density at radius 3 is 2.91 bits per heavy atom. The number of hydrogen-bond acceptors (Lipinski definition) is 2. The molecule has 0 bridgehead atoms. The zero-order valence-electron chi connectivity index (χ0n) is 14.5. The largest absolute Gasteiger partial charge is 0.357 e. The summed E-state index contributed by atoms with van der Waals surface area (Å²) < 4.78 is 1.97. The van der Waals surface area contributed by atoms with Crippen molar-refractivity contribution in [1.29, 1.82) is 0 Å². The molecule has 0 spiro atoms. The van der Waals surface area contributed by atoms with Crippen molar-refractivity contribution >= 4 is 29.9 Å². The minimum Gasteiger partial charge on any atom is -0.357 e. The summed E-state index contributed by atoms with van der Waals surface area (Å²) in [7, 11) is 0. The van der Waals surface area contributed by atoms with E-state index in [0.29, 0.717) is 0 Å². The molecular weight excluding hydrogens is 401 g/mol. The van der Waals surface area contributed by atoms with Gasteiger partial charge >= 0.3 is 0 Å². The van der Waals surface area contributed by atoms with Crippen LogP contribution in [0.1, 0.15) is 46.0 Å². The van der Waals surface area contributed by atoms with Crippen molar-refractivity contribution < 1.29 is 0 Å². The standard InChI is InChI=1S/C17H31N5.HI/c1-3-18-17(19-9-5-11-22-12-6-10-21-22)20-14-16-8-4-7-15(2)13-16;/h6,10,12,15-16H,3-5,7-9,11,13-14H2,1-2H3,(H2,18,19,20);1H. The number of aliphatic imine (C=N–C) groups is 1. The highest BCUT2D eigenvalue weighted by atomic mass is 127. The molecule has 0 amide bonds. The van der Waals surface area contributed by atoms with Crippen LogP contribution < -0.4 is 10.6 Å². The molecule has 2 unspecified atom stereocenters. The van der Waals surface area contributed by atoms with Crippen molar-refractivity contribution in [3.63, 3.8) is 0 Å². The smallest absolute Gasteiger partial charge is 0.191 e. The molecular formula is C17H32IN5. The van der Waals surface area contributed by atoms with Gasteiger partial charge in [0.1, 0.15) is 0 Å². The number of guanidine groups is 1. The third-order valence-corrected chi connectivity index (χ3v) is 4.31. The maximum Gasteiger partial charge on any atom is 0.191 e. The first-order valence-corrected chi connectivity index (χ1v) is 8.77. The Bertz CT molecular complexity index is 432. The lowest BCUT2D eigenvalue weighted by molar-refractivity contribution is 0.289. The van der Waals surface area contributed by atoms with Crippen molar-refractivity contribution in [2.75, 3.05) is 19.6 Å². The van der Waals surface area contributed by atoms with Crippen molar-refractivity contribution in [3.8, 4) is 0 Å². The molecule has 6 heteroatoms. The third-order valence-electron chi connectivity index (χ3n) is 4.31. The van der Waals surface area contributed by atoms with E-state index in [2.05, 4.69) is 29.6 Å². The number of aromatic nitrogens is 2. The molecule has 132 valence electrons. The number of aryl methyl sites for hydroxylation is 1. The van der Waals surface area contributed by atoms with Crippen molar-refractivity contribution in [1.82, 2.24) is 20.4 Å². The van der Waals surface area contributed by atoms with Gasteiger partial charge in [-0.3, -0.25) is 9.67 Å². The van der Waals surface area contributed by atoms with Crippen molar-refractivity contribution in [2.45, 2.75) is 52.5 Å². The lowest BCUT2D eigenvalue weighted by atomic mass is 9.82. The highest BCUT2D eigenvalue weighted by Gasteiger charge is 2.18. The normalized spacial score (nSPS) is 21.6. The highest BCUT2D eigenvalue weighted by Crippen LogP contribution is 2.28. The number of nitrogens with zero attached hydrogens (tertiary/aromatic N) is 3. The SMILES string of the molecule is CCNC(=NCC1CCCC(C)C1)NCCCn1cccn1.I. The quantitative estimate of drug-likeness (QED) is 0.300.